The molecule has 1 nitrogen and oxygen atoms in total. The summed E-state index contributed by atoms with van der Waals surface area (Å²) in [5.74, 6) is 0. The first kappa shape index (κ1) is 19.8. The van der Waals surface area contributed by atoms with Gasteiger partial charge in [0.15, 0.2) is 0 Å². The third kappa shape index (κ3) is 3.73. The van der Waals surface area contributed by atoms with Crippen molar-refractivity contribution in [3.8, 4) is 11.3 Å². The van der Waals surface area contributed by atoms with Crippen molar-refractivity contribution in [3.05, 3.63) is 60.3 Å². The lowest BCUT2D eigenvalue weighted by Crippen LogP contribution is -2.45. The Labute approximate surface area is 165 Å². The van der Waals surface area contributed by atoms with E-state index in [4.69, 9.17) is 4.98 Å². The van der Waals surface area contributed by atoms with Gasteiger partial charge in [-0.1, -0.05) is 89.1 Å². The lowest BCUT2D eigenvalue weighted by molar-refractivity contribution is 0.596. The number of fused-ring (bicyclic) bond motifs is 1. The molecule has 0 aliphatic carbocycles. The molecule has 0 bridgehead atoms. The van der Waals surface area contributed by atoms with Gasteiger partial charge in [-0.2, -0.15) is 0 Å². The molecule has 2 aromatic carbocycles. The van der Waals surface area contributed by atoms with Crippen LogP contribution in [-0.4, -0.2) is 13.1 Å². The highest BCUT2D eigenvalue weighted by atomic mass is 28.3. The number of aromatic nitrogens is 1. The molecule has 0 aliphatic rings. The van der Waals surface area contributed by atoms with Crippen molar-refractivity contribution in [2.75, 3.05) is 0 Å². The highest BCUT2D eigenvalue weighted by Gasteiger charge is 2.29. The van der Waals surface area contributed by atoms with Crippen LogP contribution in [0.2, 0.25) is 18.1 Å². The van der Waals surface area contributed by atoms with Crippen molar-refractivity contribution in [3.63, 3.8) is 0 Å². The largest absolute Gasteiger partial charge is 0.256 e. The fourth-order valence-electron chi connectivity index (χ4n) is 4.36. The van der Waals surface area contributed by atoms with Gasteiger partial charge >= 0.3 is 0 Å². The Morgan fingerprint density at radius 2 is 1.52 bits per heavy atom. The van der Waals surface area contributed by atoms with E-state index in [1.807, 2.05) is 6.20 Å². The van der Waals surface area contributed by atoms with E-state index in [0.29, 0.717) is 0 Å². The van der Waals surface area contributed by atoms with E-state index >= 15 is 0 Å². The van der Waals surface area contributed by atoms with Gasteiger partial charge in [0, 0.05) is 11.8 Å². The lowest BCUT2D eigenvalue weighted by Gasteiger charge is -2.29. The normalized spacial score (nSPS) is 12.5. The van der Waals surface area contributed by atoms with Gasteiger partial charge in [-0.25, -0.2) is 0 Å². The standard InChI is InChI=1S/C25H33NSi/c1-7-27(8-2,9-3)21-14-15-26-24(18-21)20-16-19-12-10-11-13-22(19)23(17-20)25(4,5)6/h10-18H,7-9H2,1-6H3. The van der Waals surface area contributed by atoms with E-state index in [2.05, 4.69) is 90.1 Å². The predicted molar refractivity (Wildman–Crippen MR) is 123 cm³/mol. The van der Waals surface area contributed by atoms with Gasteiger partial charge in [0.05, 0.1) is 13.8 Å². The zero-order valence-corrected chi connectivity index (χ0v) is 18.8. The zero-order valence-electron chi connectivity index (χ0n) is 17.8. The van der Waals surface area contributed by atoms with E-state index in [-0.39, 0.29) is 5.41 Å². The maximum absolute atomic E-state index is 4.78. The fourth-order valence-corrected chi connectivity index (χ4v) is 7.96. The van der Waals surface area contributed by atoms with Crippen LogP contribution in [0, 0.1) is 0 Å². The molecule has 1 heterocycles. The van der Waals surface area contributed by atoms with Crippen LogP contribution in [0.15, 0.2) is 54.7 Å². The van der Waals surface area contributed by atoms with E-state index in [9.17, 15) is 0 Å². The van der Waals surface area contributed by atoms with Crippen LogP contribution in [0.1, 0.15) is 47.1 Å². The fraction of sp³-hybridized carbons (Fsp3) is 0.400. The summed E-state index contributed by atoms with van der Waals surface area (Å²) in [7, 11) is -1.40. The first-order valence-electron chi connectivity index (χ1n) is 10.3. The molecule has 0 atom stereocenters. The molecule has 0 spiro atoms. The number of hydrogen-bond donors (Lipinski definition) is 0. The molecule has 2 heteroatoms. The Morgan fingerprint density at radius 3 is 2.15 bits per heavy atom. The van der Waals surface area contributed by atoms with E-state index in [0.717, 1.165) is 5.69 Å². The van der Waals surface area contributed by atoms with Gasteiger partial charge in [0.2, 0.25) is 0 Å². The van der Waals surface area contributed by atoms with Gasteiger partial charge in [-0.05, 0) is 46.0 Å². The van der Waals surface area contributed by atoms with Gasteiger partial charge in [-0.15, -0.1) is 0 Å². The Hall–Kier alpha value is -1.93. The number of rotatable bonds is 5. The Balaban J connectivity index is 2.20. The second-order valence-electron chi connectivity index (χ2n) is 8.77. The first-order valence-corrected chi connectivity index (χ1v) is 13.0. The molecular formula is C25H33NSi. The lowest BCUT2D eigenvalue weighted by atomic mass is 9.82. The molecule has 0 radical (unpaired) electrons. The van der Waals surface area contributed by atoms with Crippen LogP contribution in [0.25, 0.3) is 22.0 Å². The van der Waals surface area contributed by atoms with Crippen molar-refractivity contribution >= 4 is 24.0 Å². The highest BCUT2D eigenvalue weighted by Crippen LogP contribution is 2.34. The van der Waals surface area contributed by atoms with Crippen LogP contribution in [-0.2, 0) is 5.41 Å². The minimum Gasteiger partial charge on any atom is -0.256 e. The van der Waals surface area contributed by atoms with Crippen molar-refractivity contribution in [1.82, 2.24) is 4.98 Å². The maximum atomic E-state index is 4.78. The zero-order chi connectivity index (χ0) is 19.7. The van der Waals surface area contributed by atoms with Crippen molar-refractivity contribution in [1.29, 1.82) is 0 Å². The Bertz CT molecular complexity index is 924. The Kier molecular flexibility index (Phi) is 5.57. The van der Waals surface area contributed by atoms with Gasteiger partial charge < -0.3 is 0 Å². The molecule has 0 saturated heterocycles. The van der Waals surface area contributed by atoms with Gasteiger partial charge in [0.1, 0.15) is 0 Å². The summed E-state index contributed by atoms with van der Waals surface area (Å²) in [6, 6.07) is 22.0. The van der Waals surface area contributed by atoms with Crippen LogP contribution in [0.5, 0.6) is 0 Å². The third-order valence-corrected chi connectivity index (χ3v) is 12.0. The summed E-state index contributed by atoms with van der Waals surface area (Å²) < 4.78 is 0. The summed E-state index contributed by atoms with van der Waals surface area (Å²) in [4.78, 5) is 4.78. The molecule has 3 rings (SSSR count). The second kappa shape index (κ2) is 7.59. The van der Waals surface area contributed by atoms with E-state index in [1.165, 1.54) is 40.0 Å². The number of pyridine rings is 1. The molecule has 1 aromatic heterocycles. The molecule has 0 saturated carbocycles. The Morgan fingerprint density at radius 1 is 0.852 bits per heavy atom. The molecule has 142 valence electrons. The minimum absolute atomic E-state index is 0.0992. The smallest absolute Gasteiger partial charge is 0.0860 e. The van der Waals surface area contributed by atoms with Crippen molar-refractivity contribution in [2.45, 2.75) is 65.1 Å². The summed E-state index contributed by atoms with van der Waals surface area (Å²) in [6.07, 6.45) is 2.03. The van der Waals surface area contributed by atoms with Crippen LogP contribution in [0.3, 0.4) is 0 Å². The number of benzene rings is 2. The maximum Gasteiger partial charge on any atom is 0.0860 e. The molecule has 0 fully saturated rings. The van der Waals surface area contributed by atoms with E-state index < -0.39 is 8.07 Å². The topological polar surface area (TPSA) is 12.9 Å². The highest BCUT2D eigenvalue weighted by molar-refractivity contribution is 6.91. The third-order valence-electron chi connectivity index (χ3n) is 6.37. The summed E-state index contributed by atoms with van der Waals surface area (Å²) in [5.41, 5.74) is 3.86. The molecular weight excluding hydrogens is 342 g/mol. The summed E-state index contributed by atoms with van der Waals surface area (Å²) in [6.45, 7) is 14.0. The van der Waals surface area contributed by atoms with Gasteiger partial charge in [0.25, 0.3) is 0 Å². The summed E-state index contributed by atoms with van der Waals surface area (Å²) >= 11 is 0. The quantitative estimate of drug-likeness (QED) is 0.441. The van der Waals surface area contributed by atoms with Crippen LogP contribution < -0.4 is 5.19 Å². The molecule has 3 aromatic rings. The monoisotopic (exact) mass is 375 g/mol. The second-order valence-corrected chi connectivity index (χ2v) is 14.0. The van der Waals surface area contributed by atoms with E-state index in [1.54, 1.807) is 5.19 Å². The summed E-state index contributed by atoms with van der Waals surface area (Å²) in [5, 5.41) is 4.21. The minimum atomic E-state index is -1.40. The molecule has 27 heavy (non-hydrogen) atoms. The van der Waals surface area contributed by atoms with Gasteiger partial charge in [-0.3, -0.25) is 4.98 Å². The molecule has 0 unspecified atom stereocenters. The number of hydrogen-bond acceptors (Lipinski definition) is 1. The molecule has 0 N–H and O–H groups in total. The average Bonchev–Trinajstić information content (AvgIpc) is 2.68. The van der Waals surface area contributed by atoms with Crippen molar-refractivity contribution in [2.24, 2.45) is 0 Å². The number of nitrogens with zero attached hydrogens (tertiary/aromatic N) is 1. The average molecular weight is 376 g/mol. The SMILES string of the molecule is CC[Si](CC)(CC)c1ccnc(-c2cc(C(C)(C)C)c3ccccc3c2)c1. The molecule has 0 amide bonds. The van der Waals surface area contributed by atoms with Crippen LogP contribution >= 0.6 is 0 Å². The van der Waals surface area contributed by atoms with Crippen molar-refractivity contribution < 1.29 is 0 Å². The van der Waals surface area contributed by atoms with Crippen LogP contribution in [0.4, 0.5) is 0 Å². The predicted octanol–water partition coefficient (Wildman–Crippen LogP) is 6.91. The first-order chi connectivity index (χ1) is 12.8. The molecule has 0 aliphatic heterocycles.